The van der Waals surface area contributed by atoms with Gasteiger partial charge in [0.25, 0.3) is 0 Å². The van der Waals surface area contributed by atoms with E-state index in [1.165, 1.54) is 38.8 Å². The van der Waals surface area contributed by atoms with E-state index in [-0.39, 0.29) is 0 Å². The summed E-state index contributed by atoms with van der Waals surface area (Å²) in [6, 6.07) is 1.74. The number of rotatable bonds is 3. The Bertz CT molecular complexity index is 227. The molecule has 0 bridgehead atoms. The van der Waals surface area contributed by atoms with Crippen molar-refractivity contribution in [2.45, 2.75) is 51.6 Å². The molecule has 1 saturated carbocycles. The third-order valence-corrected chi connectivity index (χ3v) is 4.59. The van der Waals surface area contributed by atoms with Crippen molar-refractivity contribution >= 4 is 0 Å². The van der Waals surface area contributed by atoms with Gasteiger partial charge in [-0.25, -0.2) is 0 Å². The summed E-state index contributed by atoms with van der Waals surface area (Å²) in [5, 5.41) is 0. The summed E-state index contributed by atoms with van der Waals surface area (Å²) in [4.78, 5) is 5.24. The largest absolute Gasteiger partial charge is 0.303 e. The van der Waals surface area contributed by atoms with Crippen molar-refractivity contribution in [3.63, 3.8) is 0 Å². The van der Waals surface area contributed by atoms with Crippen LogP contribution in [0.3, 0.4) is 0 Å². The molecule has 94 valence electrons. The second-order valence-electron chi connectivity index (χ2n) is 6.33. The summed E-state index contributed by atoms with van der Waals surface area (Å²) in [7, 11) is 4.65. The van der Waals surface area contributed by atoms with Gasteiger partial charge in [-0.2, -0.15) is 0 Å². The Morgan fingerprint density at radius 3 is 2.69 bits per heavy atom. The lowest BCUT2D eigenvalue weighted by Gasteiger charge is -2.41. The maximum atomic E-state index is 2.64. The van der Waals surface area contributed by atoms with Gasteiger partial charge in [-0.1, -0.05) is 20.3 Å². The zero-order valence-corrected chi connectivity index (χ0v) is 11.4. The lowest BCUT2D eigenvalue weighted by Crippen LogP contribution is -2.47. The molecule has 2 fully saturated rings. The predicted octanol–water partition coefficient (Wildman–Crippen LogP) is 2.45. The van der Waals surface area contributed by atoms with Crippen LogP contribution in [-0.4, -0.2) is 49.1 Å². The molecule has 16 heavy (non-hydrogen) atoms. The molecule has 1 aliphatic heterocycles. The molecule has 0 aromatic carbocycles. The summed E-state index contributed by atoms with van der Waals surface area (Å²) in [6.07, 6.45) is 5.72. The van der Waals surface area contributed by atoms with Crippen LogP contribution in [0.1, 0.15) is 39.5 Å². The van der Waals surface area contributed by atoms with Crippen molar-refractivity contribution in [3.05, 3.63) is 0 Å². The van der Waals surface area contributed by atoms with Gasteiger partial charge in [0.2, 0.25) is 0 Å². The molecule has 1 aliphatic carbocycles. The molecule has 2 rings (SSSR count). The molecule has 0 radical (unpaired) electrons. The second-order valence-corrected chi connectivity index (χ2v) is 6.33. The molecular formula is C14H28N2. The number of hydrogen-bond acceptors (Lipinski definition) is 2. The second kappa shape index (κ2) is 5.05. The van der Waals surface area contributed by atoms with Crippen molar-refractivity contribution in [2.75, 3.05) is 27.2 Å². The highest BCUT2D eigenvalue weighted by Crippen LogP contribution is 2.37. The molecule has 0 aromatic heterocycles. The van der Waals surface area contributed by atoms with Crippen molar-refractivity contribution in [1.29, 1.82) is 0 Å². The lowest BCUT2D eigenvalue weighted by molar-refractivity contribution is 0.0885. The molecule has 0 amide bonds. The van der Waals surface area contributed by atoms with E-state index in [1.54, 1.807) is 0 Å². The predicted molar refractivity (Wildman–Crippen MR) is 69.6 cm³/mol. The molecular weight excluding hydrogens is 196 g/mol. The standard InChI is InChI=1S/C14H28N2/c1-11(2)10-16(4)14-7-5-6-13-12(14)8-9-15(13)3/h11-14H,5-10H2,1-4H3/t12-,13-,14+/m0/s1. The highest BCUT2D eigenvalue weighted by Gasteiger charge is 2.40. The lowest BCUT2D eigenvalue weighted by atomic mass is 9.80. The summed E-state index contributed by atoms with van der Waals surface area (Å²) < 4.78 is 0. The van der Waals surface area contributed by atoms with Crippen LogP contribution in [0, 0.1) is 11.8 Å². The summed E-state index contributed by atoms with van der Waals surface area (Å²) in [6.45, 7) is 7.24. The smallest absolute Gasteiger partial charge is 0.0136 e. The minimum absolute atomic E-state index is 0.796. The fourth-order valence-corrected chi connectivity index (χ4v) is 3.93. The fraction of sp³-hybridized carbons (Fsp3) is 1.00. The van der Waals surface area contributed by atoms with Crippen molar-refractivity contribution in [1.82, 2.24) is 9.80 Å². The van der Waals surface area contributed by atoms with Gasteiger partial charge in [-0.3, -0.25) is 0 Å². The Morgan fingerprint density at radius 1 is 1.25 bits per heavy atom. The van der Waals surface area contributed by atoms with Gasteiger partial charge in [0.1, 0.15) is 0 Å². The molecule has 2 heteroatoms. The molecule has 0 aromatic rings. The monoisotopic (exact) mass is 224 g/mol. The molecule has 0 N–H and O–H groups in total. The van der Waals surface area contributed by atoms with Crippen molar-refractivity contribution < 1.29 is 0 Å². The first-order valence-corrected chi connectivity index (χ1v) is 7.00. The van der Waals surface area contributed by atoms with E-state index >= 15 is 0 Å². The third kappa shape index (κ3) is 2.43. The van der Waals surface area contributed by atoms with Crippen LogP contribution < -0.4 is 0 Å². The third-order valence-electron chi connectivity index (χ3n) is 4.59. The molecule has 1 saturated heterocycles. The maximum absolute atomic E-state index is 2.64. The summed E-state index contributed by atoms with van der Waals surface area (Å²) in [5.41, 5.74) is 0. The average molecular weight is 224 g/mol. The zero-order valence-electron chi connectivity index (χ0n) is 11.4. The number of hydrogen-bond donors (Lipinski definition) is 0. The van der Waals surface area contributed by atoms with E-state index < -0.39 is 0 Å². The number of nitrogens with zero attached hydrogens (tertiary/aromatic N) is 2. The SMILES string of the molecule is CC(C)CN(C)[C@@H]1CCC[C@H]2[C@@H]1CCN2C. The number of likely N-dealkylation sites (tertiary alicyclic amines) is 1. The quantitative estimate of drug-likeness (QED) is 0.726. The van der Waals surface area contributed by atoms with E-state index in [4.69, 9.17) is 0 Å². The molecule has 1 heterocycles. The minimum Gasteiger partial charge on any atom is -0.303 e. The first-order chi connectivity index (χ1) is 7.59. The Balaban J connectivity index is 1.98. The minimum atomic E-state index is 0.796. The van der Waals surface area contributed by atoms with E-state index in [2.05, 4.69) is 37.7 Å². The van der Waals surface area contributed by atoms with Crippen LogP contribution >= 0.6 is 0 Å². The summed E-state index contributed by atoms with van der Waals surface area (Å²) >= 11 is 0. The zero-order chi connectivity index (χ0) is 11.7. The molecule has 3 atom stereocenters. The van der Waals surface area contributed by atoms with Gasteiger partial charge >= 0.3 is 0 Å². The maximum Gasteiger partial charge on any atom is 0.0136 e. The molecule has 0 unspecified atom stereocenters. The van der Waals surface area contributed by atoms with Gasteiger partial charge in [-0.05, 0) is 51.7 Å². The number of fused-ring (bicyclic) bond motifs is 1. The van der Waals surface area contributed by atoms with Gasteiger partial charge in [0, 0.05) is 18.6 Å². The van der Waals surface area contributed by atoms with Crippen molar-refractivity contribution in [2.24, 2.45) is 11.8 Å². The molecule has 0 spiro atoms. The molecule has 2 nitrogen and oxygen atoms in total. The van der Waals surface area contributed by atoms with Gasteiger partial charge in [0.15, 0.2) is 0 Å². The van der Waals surface area contributed by atoms with E-state index in [9.17, 15) is 0 Å². The average Bonchev–Trinajstić information content (AvgIpc) is 2.59. The van der Waals surface area contributed by atoms with Crippen LogP contribution in [0.25, 0.3) is 0 Å². The van der Waals surface area contributed by atoms with E-state index in [0.717, 1.165) is 23.9 Å². The first kappa shape index (κ1) is 12.4. The Kier molecular flexibility index (Phi) is 3.91. The van der Waals surface area contributed by atoms with E-state index in [0.29, 0.717) is 0 Å². The van der Waals surface area contributed by atoms with Gasteiger partial charge in [0.05, 0.1) is 0 Å². The van der Waals surface area contributed by atoms with Crippen LogP contribution in [-0.2, 0) is 0 Å². The Hall–Kier alpha value is -0.0800. The van der Waals surface area contributed by atoms with Crippen molar-refractivity contribution in [3.8, 4) is 0 Å². The van der Waals surface area contributed by atoms with Crippen LogP contribution in [0.2, 0.25) is 0 Å². The van der Waals surface area contributed by atoms with Crippen LogP contribution in [0.15, 0.2) is 0 Å². The highest BCUT2D eigenvalue weighted by molar-refractivity contribution is 4.96. The van der Waals surface area contributed by atoms with Crippen LogP contribution in [0.5, 0.6) is 0 Å². The first-order valence-electron chi connectivity index (χ1n) is 7.00. The van der Waals surface area contributed by atoms with Crippen LogP contribution in [0.4, 0.5) is 0 Å². The van der Waals surface area contributed by atoms with E-state index in [1.807, 2.05) is 0 Å². The topological polar surface area (TPSA) is 6.48 Å². The van der Waals surface area contributed by atoms with Gasteiger partial charge in [-0.15, -0.1) is 0 Å². The normalized spacial score (nSPS) is 36.0. The molecule has 2 aliphatic rings. The van der Waals surface area contributed by atoms with Gasteiger partial charge < -0.3 is 9.80 Å². The Labute approximate surface area is 101 Å². The summed E-state index contributed by atoms with van der Waals surface area (Å²) in [5.74, 6) is 1.74. The highest BCUT2D eigenvalue weighted by atomic mass is 15.2. The Morgan fingerprint density at radius 2 is 2.00 bits per heavy atom. The fourth-order valence-electron chi connectivity index (χ4n) is 3.93.